The number of halogens is 3. The Kier molecular flexibility index (Phi) is 5.57. The van der Waals surface area contributed by atoms with Crippen LogP contribution in [0.15, 0.2) is 41.5 Å². The SMILES string of the molecule is Cc1cc(/C=N\NC(=O)c2ccccc2F)cc(C)c1OC(F)F. The van der Waals surface area contributed by atoms with Gasteiger partial charge in [0.1, 0.15) is 11.6 Å². The number of aryl methyl sites for hydroxylation is 2. The van der Waals surface area contributed by atoms with Gasteiger partial charge in [0.2, 0.25) is 0 Å². The van der Waals surface area contributed by atoms with E-state index in [-0.39, 0.29) is 11.3 Å². The van der Waals surface area contributed by atoms with Crippen molar-refractivity contribution in [2.24, 2.45) is 5.10 Å². The fourth-order valence-electron chi connectivity index (χ4n) is 2.20. The summed E-state index contributed by atoms with van der Waals surface area (Å²) in [6, 6.07) is 8.70. The number of benzene rings is 2. The van der Waals surface area contributed by atoms with Crippen LogP contribution >= 0.6 is 0 Å². The van der Waals surface area contributed by atoms with E-state index in [1.54, 1.807) is 26.0 Å². The van der Waals surface area contributed by atoms with Crippen molar-refractivity contribution < 1.29 is 22.7 Å². The number of hydrogen-bond acceptors (Lipinski definition) is 3. The van der Waals surface area contributed by atoms with Gasteiger partial charge in [0.05, 0.1) is 11.8 Å². The smallest absolute Gasteiger partial charge is 0.387 e. The van der Waals surface area contributed by atoms with Crippen molar-refractivity contribution in [3.8, 4) is 5.75 Å². The lowest BCUT2D eigenvalue weighted by Crippen LogP contribution is -2.18. The van der Waals surface area contributed by atoms with Gasteiger partial charge in [0.15, 0.2) is 0 Å². The molecule has 0 fully saturated rings. The van der Waals surface area contributed by atoms with E-state index in [0.717, 1.165) is 0 Å². The van der Waals surface area contributed by atoms with Crippen LogP contribution in [0.25, 0.3) is 0 Å². The minimum atomic E-state index is -2.90. The second kappa shape index (κ2) is 7.63. The van der Waals surface area contributed by atoms with Gasteiger partial charge in [-0.1, -0.05) is 12.1 Å². The standard InChI is InChI=1S/C17H15F3N2O2/c1-10-7-12(8-11(2)15(10)24-17(19)20)9-21-22-16(23)13-5-3-4-6-14(13)18/h3-9,17H,1-2H3,(H,22,23)/b21-9-. The van der Waals surface area contributed by atoms with Gasteiger partial charge < -0.3 is 4.74 Å². The maximum absolute atomic E-state index is 13.5. The molecule has 0 aliphatic carbocycles. The molecule has 0 radical (unpaired) electrons. The van der Waals surface area contributed by atoms with Crippen LogP contribution in [0.2, 0.25) is 0 Å². The molecule has 126 valence electrons. The number of rotatable bonds is 5. The largest absolute Gasteiger partial charge is 0.434 e. The molecular formula is C17H15F3N2O2. The lowest BCUT2D eigenvalue weighted by Gasteiger charge is -2.11. The molecular weight excluding hydrogens is 321 g/mol. The molecule has 0 spiro atoms. The third kappa shape index (κ3) is 4.34. The van der Waals surface area contributed by atoms with E-state index in [1.807, 2.05) is 0 Å². The van der Waals surface area contributed by atoms with Gasteiger partial charge in [0, 0.05) is 0 Å². The van der Waals surface area contributed by atoms with Gasteiger partial charge in [-0.3, -0.25) is 4.79 Å². The summed E-state index contributed by atoms with van der Waals surface area (Å²) in [6.45, 7) is 0.349. The number of ether oxygens (including phenoxy) is 1. The summed E-state index contributed by atoms with van der Waals surface area (Å²) in [7, 11) is 0. The molecule has 2 aromatic carbocycles. The van der Waals surface area contributed by atoms with Crippen molar-refractivity contribution in [2.75, 3.05) is 0 Å². The maximum atomic E-state index is 13.5. The number of nitrogens with one attached hydrogen (secondary N) is 1. The molecule has 0 aliphatic rings. The molecule has 0 aromatic heterocycles. The number of hydrogen-bond donors (Lipinski definition) is 1. The Hall–Kier alpha value is -2.83. The second-order valence-corrected chi connectivity index (χ2v) is 5.04. The van der Waals surface area contributed by atoms with Crippen molar-refractivity contribution in [1.82, 2.24) is 5.43 Å². The Morgan fingerprint density at radius 2 is 1.83 bits per heavy atom. The molecule has 0 aliphatic heterocycles. The number of nitrogens with zero attached hydrogens (tertiary/aromatic N) is 1. The third-order valence-corrected chi connectivity index (χ3v) is 3.19. The van der Waals surface area contributed by atoms with E-state index in [1.165, 1.54) is 30.5 Å². The predicted octanol–water partition coefficient (Wildman–Crippen LogP) is 3.81. The zero-order chi connectivity index (χ0) is 17.7. The Balaban J connectivity index is 2.10. The van der Waals surface area contributed by atoms with E-state index >= 15 is 0 Å². The van der Waals surface area contributed by atoms with Gasteiger partial charge in [-0.15, -0.1) is 0 Å². The van der Waals surface area contributed by atoms with Crippen LogP contribution in [0.3, 0.4) is 0 Å². The Bertz CT molecular complexity index is 753. The average Bonchev–Trinajstić information content (AvgIpc) is 2.51. The topological polar surface area (TPSA) is 50.7 Å². The average molecular weight is 336 g/mol. The summed E-state index contributed by atoms with van der Waals surface area (Å²) < 4.78 is 42.6. The second-order valence-electron chi connectivity index (χ2n) is 5.04. The molecule has 0 saturated carbocycles. The van der Waals surface area contributed by atoms with Gasteiger partial charge in [-0.05, 0) is 54.8 Å². The molecule has 2 rings (SSSR count). The van der Waals surface area contributed by atoms with Crippen molar-refractivity contribution in [3.05, 3.63) is 64.5 Å². The van der Waals surface area contributed by atoms with Gasteiger partial charge in [-0.25, -0.2) is 9.82 Å². The Morgan fingerprint density at radius 3 is 2.42 bits per heavy atom. The maximum Gasteiger partial charge on any atom is 0.387 e. The first kappa shape index (κ1) is 17.5. The normalized spacial score (nSPS) is 11.1. The zero-order valence-corrected chi connectivity index (χ0v) is 13.0. The van der Waals surface area contributed by atoms with Crippen LogP contribution < -0.4 is 10.2 Å². The summed E-state index contributed by atoms with van der Waals surface area (Å²) in [4.78, 5) is 11.8. The summed E-state index contributed by atoms with van der Waals surface area (Å²) in [6.07, 6.45) is 1.34. The van der Waals surface area contributed by atoms with Gasteiger partial charge in [-0.2, -0.15) is 13.9 Å². The molecule has 0 bridgehead atoms. The molecule has 1 N–H and O–H groups in total. The van der Waals surface area contributed by atoms with E-state index in [4.69, 9.17) is 0 Å². The van der Waals surface area contributed by atoms with Crippen LogP contribution in [0.4, 0.5) is 13.2 Å². The molecule has 0 saturated heterocycles. The van der Waals surface area contributed by atoms with Crippen LogP contribution in [0, 0.1) is 19.7 Å². The van der Waals surface area contributed by atoms with E-state index in [0.29, 0.717) is 16.7 Å². The highest BCUT2D eigenvalue weighted by molar-refractivity contribution is 5.95. The predicted molar refractivity (Wildman–Crippen MR) is 84.0 cm³/mol. The monoisotopic (exact) mass is 336 g/mol. The van der Waals surface area contributed by atoms with Crippen LogP contribution in [-0.2, 0) is 0 Å². The Morgan fingerprint density at radius 1 is 1.21 bits per heavy atom. The van der Waals surface area contributed by atoms with Crippen LogP contribution in [-0.4, -0.2) is 18.7 Å². The minimum Gasteiger partial charge on any atom is -0.434 e. The first-order valence-corrected chi connectivity index (χ1v) is 7.02. The fraction of sp³-hybridized carbons (Fsp3) is 0.176. The van der Waals surface area contributed by atoms with Crippen LogP contribution in [0.1, 0.15) is 27.0 Å². The molecule has 2 aromatic rings. The summed E-state index contributed by atoms with van der Waals surface area (Å²) >= 11 is 0. The van der Waals surface area contributed by atoms with E-state index < -0.39 is 18.3 Å². The summed E-state index contributed by atoms with van der Waals surface area (Å²) in [5, 5.41) is 3.75. The quantitative estimate of drug-likeness (QED) is 0.667. The minimum absolute atomic E-state index is 0.109. The molecule has 1 amide bonds. The molecule has 0 atom stereocenters. The number of alkyl halides is 2. The van der Waals surface area contributed by atoms with Crippen LogP contribution in [0.5, 0.6) is 5.75 Å². The first-order valence-electron chi connectivity index (χ1n) is 7.02. The zero-order valence-electron chi connectivity index (χ0n) is 13.0. The van der Waals surface area contributed by atoms with Gasteiger partial charge >= 0.3 is 6.61 Å². The van der Waals surface area contributed by atoms with Crippen molar-refractivity contribution in [1.29, 1.82) is 0 Å². The number of amides is 1. The highest BCUT2D eigenvalue weighted by Crippen LogP contribution is 2.25. The van der Waals surface area contributed by atoms with E-state index in [2.05, 4.69) is 15.3 Å². The molecule has 7 heteroatoms. The Labute approximate surface area is 137 Å². The van der Waals surface area contributed by atoms with Gasteiger partial charge in [0.25, 0.3) is 5.91 Å². The number of carbonyl (C=O) groups is 1. The first-order chi connectivity index (χ1) is 11.4. The van der Waals surface area contributed by atoms with E-state index in [9.17, 15) is 18.0 Å². The van der Waals surface area contributed by atoms with Crippen molar-refractivity contribution in [2.45, 2.75) is 20.5 Å². The lowest BCUT2D eigenvalue weighted by molar-refractivity contribution is -0.0507. The summed E-state index contributed by atoms with van der Waals surface area (Å²) in [5.74, 6) is -1.22. The molecule has 24 heavy (non-hydrogen) atoms. The molecule has 0 unspecified atom stereocenters. The fourth-order valence-corrected chi connectivity index (χ4v) is 2.20. The number of hydrazone groups is 1. The molecule has 0 heterocycles. The number of carbonyl (C=O) groups excluding carboxylic acids is 1. The lowest BCUT2D eigenvalue weighted by atomic mass is 10.1. The highest BCUT2D eigenvalue weighted by atomic mass is 19.3. The summed E-state index contributed by atoms with van der Waals surface area (Å²) in [5.41, 5.74) is 3.70. The highest BCUT2D eigenvalue weighted by Gasteiger charge is 2.12. The van der Waals surface area contributed by atoms with Crippen molar-refractivity contribution in [3.63, 3.8) is 0 Å². The molecule has 4 nitrogen and oxygen atoms in total. The third-order valence-electron chi connectivity index (χ3n) is 3.19. The van der Waals surface area contributed by atoms with Crippen molar-refractivity contribution >= 4 is 12.1 Å².